The molecule has 7 nitrogen and oxygen atoms in total. The minimum absolute atomic E-state index is 0.0515. The van der Waals surface area contributed by atoms with Crippen molar-refractivity contribution in [3.63, 3.8) is 0 Å². The number of hydrogen-bond acceptors (Lipinski definition) is 7. The summed E-state index contributed by atoms with van der Waals surface area (Å²) in [5.41, 5.74) is 2.02. The van der Waals surface area contributed by atoms with E-state index in [0.29, 0.717) is 23.1 Å². The lowest BCUT2D eigenvalue weighted by Crippen LogP contribution is -2.30. The number of anilines is 3. The van der Waals surface area contributed by atoms with E-state index in [9.17, 15) is 10.2 Å². The Morgan fingerprint density at radius 2 is 1.83 bits per heavy atom. The molecular weight excluding hydrogens is 413 g/mol. The number of nitrogens with zero attached hydrogens (tertiary/aromatic N) is 3. The van der Waals surface area contributed by atoms with E-state index in [2.05, 4.69) is 25.6 Å². The quantitative estimate of drug-likeness (QED) is 0.399. The number of pyridine rings is 1. The Balaban J connectivity index is 2.00. The molecule has 0 aliphatic heterocycles. The van der Waals surface area contributed by atoms with Crippen LogP contribution >= 0.6 is 23.2 Å². The zero-order chi connectivity index (χ0) is 21.0. The van der Waals surface area contributed by atoms with Crippen LogP contribution in [0.3, 0.4) is 0 Å². The van der Waals surface area contributed by atoms with Crippen LogP contribution in [-0.4, -0.2) is 37.8 Å². The Hall–Kier alpha value is -2.61. The molecule has 0 spiro atoms. The first kappa shape index (κ1) is 21.1. The molecule has 9 heteroatoms. The van der Waals surface area contributed by atoms with Crippen molar-refractivity contribution in [2.75, 3.05) is 17.2 Å². The van der Waals surface area contributed by atoms with Gasteiger partial charge in [-0.3, -0.25) is 4.98 Å². The van der Waals surface area contributed by atoms with E-state index in [0.717, 1.165) is 5.56 Å². The summed E-state index contributed by atoms with van der Waals surface area (Å²) in [4.78, 5) is 13.2. The summed E-state index contributed by atoms with van der Waals surface area (Å²) in [5.74, 6) is 0.844. The number of hydrogen-bond donors (Lipinski definition) is 4. The summed E-state index contributed by atoms with van der Waals surface area (Å²) < 4.78 is 0. The molecule has 29 heavy (non-hydrogen) atoms. The van der Waals surface area contributed by atoms with Gasteiger partial charge in [0.2, 0.25) is 5.95 Å². The van der Waals surface area contributed by atoms with E-state index in [-0.39, 0.29) is 34.4 Å². The van der Waals surface area contributed by atoms with Gasteiger partial charge in [0.25, 0.3) is 0 Å². The third kappa shape index (κ3) is 5.26. The summed E-state index contributed by atoms with van der Waals surface area (Å²) in [7, 11) is 0. The highest BCUT2D eigenvalue weighted by Crippen LogP contribution is 2.35. The maximum Gasteiger partial charge on any atom is 0.225 e. The molecule has 152 valence electrons. The van der Waals surface area contributed by atoms with Gasteiger partial charge in [-0.1, -0.05) is 37.0 Å². The molecule has 0 bridgehead atoms. The fourth-order valence-corrected chi connectivity index (χ4v) is 3.10. The van der Waals surface area contributed by atoms with Crippen LogP contribution in [0.25, 0.3) is 11.3 Å². The topological polar surface area (TPSA) is 103 Å². The summed E-state index contributed by atoms with van der Waals surface area (Å²) in [6.45, 7) is 3.95. The Morgan fingerprint density at radius 1 is 1.10 bits per heavy atom. The van der Waals surface area contributed by atoms with Crippen molar-refractivity contribution in [3.05, 3.63) is 52.8 Å². The van der Waals surface area contributed by atoms with E-state index in [1.165, 1.54) is 0 Å². The van der Waals surface area contributed by atoms with E-state index < -0.39 is 0 Å². The average molecular weight is 434 g/mol. The molecule has 0 radical (unpaired) electrons. The Labute approximate surface area is 178 Å². The fourth-order valence-electron chi connectivity index (χ4n) is 2.61. The van der Waals surface area contributed by atoms with Crippen molar-refractivity contribution in [2.45, 2.75) is 19.9 Å². The van der Waals surface area contributed by atoms with Gasteiger partial charge in [-0.25, -0.2) is 4.98 Å². The van der Waals surface area contributed by atoms with Crippen LogP contribution in [0.15, 0.2) is 42.7 Å². The Morgan fingerprint density at radius 3 is 2.41 bits per heavy atom. The lowest BCUT2D eigenvalue weighted by Gasteiger charge is -2.20. The predicted octanol–water partition coefficient (Wildman–Crippen LogP) is 4.72. The third-order valence-corrected chi connectivity index (χ3v) is 4.86. The minimum atomic E-state index is -0.204. The maximum atomic E-state index is 9.75. The first-order valence-corrected chi connectivity index (χ1v) is 9.75. The number of nitrogens with one attached hydrogen (secondary N) is 2. The molecule has 4 N–H and O–H groups in total. The van der Waals surface area contributed by atoms with Crippen LogP contribution in [0.4, 0.5) is 17.5 Å². The van der Waals surface area contributed by atoms with Crippen molar-refractivity contribution in [2.24, 2.45) is 5.92 Å². The summed E-state index contributed by atoms with van der Waals surface area (Å²) in [5, 5.41) is 25.9. The maximum absolute atomic E-state index is 9.75. The molecule has 0 aliphatic rings. The molecular formula is C20H21Cl2N5O2. The lowest BCUT2D eigenvalue weighted by atomic mass is 10.1. The fraction of sp³-hybridized carbons (Fsp3) is 0.250. The smallest absolute Gasteiger partial charge is 0.225 e. The second-order valence-electron chi connectivity index (χ2n) is 6.79. The van der Waals surface area contributed by atoms with Gasteiger partial charge in [-0.05, 0) is 30.2 Å². The van der Waals surface area contributed by atoms with Crippen molar-refractivity contribution >= 4 is 40.7 Å². The van der Waals surface area contributed by atoms with Crippen LogP contribution in [0.1, 0.15) is 13.8 Å². The van der Waals surface area contributed by atoms with Gasteiger partial charge in [0.15, 0.2) is 5.75 Å². The van der Waals surface area contributed by atoms with Gasteiger partial charge in [-0.2, -0.15) is 4.98 Å². The van der Waals surface area contributed by atoms with Crippen LogP contribution in [0, 0.1) is 5.92 Å². The van der Waals surface area contributed by atoms with E-state index in [1.807, 2.05) is 26.0 Å². The molecule has 2 aromatic heterocycles. The number of rotatable bonds is 7. The number of halogens is 2. The van der Waals surface area contributed by atoms with E-state index in [4.69, 9.17) is 23.2 Å². The summed E-state index contributed by atoms with van der Waals surface area (Å²) in [6.07, 6.45) is 3.39. The van der Waals surface area contributed by atoms with Crippen molar-refractivity contribution in [1.29, 1.82) is 0 Å². The number of phenolic OH excluding ortho intramolecular Hbond substituents is 1. The van der Waals surface area contributed by atoms with Gasteiger partial charge in [-0.15, -0.1) is 0 Å². The monoisotopic (exact) mass is 433 g/mol. The zero-order valence-corrected chi connectivity index (χ0v) is 17.4. The van der Waals surface area contributed by atoms with Crippen molar-refractivity contribution < 1.29 is 10.2 Å². The summed E-state index contributed by atoms with van der Waals surface area (Å²) >= 11 is 12.0. The highest BCUT2D eigenvalue weighted by molar-refractivity contribution is 6.37. The predicted molar refractivity (Wildman–Crippen MR) is 116 cm³/mol. The highest BCUT2D eigenvalue weighted by atomic mass is 35.5. The second-order valence-corrected chi connectivity index (χ2v) is 7.61. The molecule has 2 heterocycles. The van der Waals surface area contributed by atoms with Gasteiger partial charge in [0, 0.05) is 29.7 Å². The lowest BCUT2D eigenvalue weighted by molar-refractivity contribution is 0.248. The molecule has 1 aromatic carbocycles. The Bertz CT molecular complexity index is 963. The molecule has 0 fully saturated rings. The van der Waals surface area contributed by atoms with Crippen molar-refractivity contribution in [1.82, 2.24) is 15.0 Å². The average Bonchev–Trinajstić information content (AvgIpc) is 2.70. The number of benzene rings is 1. The highest BCUT2D eigenvalue weighted by Gasteiger charge is 2.16. The molecule has 0 saturated carbocycles. The summed E-state index contributed by atoms with van der Waals surface area (Å²) in [6, 6.07) is 8.37. The zero-order valence-electron chi connectivity index (χ0n) is 15.9. The van der Waals surface area contributed by atoms with Crippen molar-refractivity contribution in [3.8, 4) is 17.0 Å². The molecule has 3 aromatic rings. The van der Waals surface area contributed by atoms with Gasteiger partial charge >= 0.3 is 0 Å². The van der Waals surface area contributed by atoms with Gasteiger partial charge in [0.05, 0.1) is 28.4 Å². The molecule has 0 aliphatic carbocycles. The van der Waals surface area contributed by atoms with E-state index >= 15 is 0 Å². The van der Waals surface area contributed by atoms with Gasteiger partial charge < -0.3 is 20.8 Å². The molecule has 0 saturated heterocycles. The molecule has 0 unspecified atom stereocenters. The number of aliphatic hydroxyl groups excluding tert-OH is 1. The Kier molecular flexibility index (Phi) is 6.74. The van der Waals surface area contributed by atoms with E-state index in [1.54, 1.807) is 30.6 Å². The number of phenols is 1. The second kappa shape index (κ2) is 9.26. The van der Waals surface area contributed by atoms with Gasteiger partial charge in [0.1, 0.15) is 5.82 Å². The van der Waals surface area contributed by atoms with Crippen LogP contribution < -0.4 is 10.6 Å². The number of aliphatic hydroxyl groups is 1. The number of aromatic hydroxyl groups is 1. The standard InChI is InChI=1S/C20H21Cl2N5O2/c1-11(2)17(10-28)26-20-25-16(12-4-3-5-23-9-12)8-18(27-20)24-13-6-14(21)19(29)15(22)7-13/h3-9,11,17,28-29H,10H2,1-2H3,(H2,24,25,26,27)/t17-/m1/s1. The number of aromatic nitrogens is 3. The molecule has 1 atom stereocenters. The largest absolute Gasteiger partial charge is 0.505 e. The molecule has 3 rings (SSSR count). The first-order valence-electron chi connectivity index (χ1n) is 8.99. The van der Waals surface area contributed by atoms with Crippen LogP contribution in [0.5, 0.6) is 5.75 Å². The third-order valence-electron chi connectivity index (χ3n) is 4.29. The normalized spacial score (nSPS) is 12.1. The first-order chi connectivity index (χ1) is 13.9. The van der Waals surface area contributed by atoms with Crippen LogP contribution in [0.2, 0.25) is 10.0 Å². The SMILES string of the molecule is CC(C)[C@@H](CO)Nc1nc(Nc2cc(Cl)c(O)c(Cl)c2)cc(-c2cccnc2)n1. The minimum Gasteiger partial charge on any atom is -0.505 e. The van der Waals surface area contributed by atoms with Crippen LogP contribution in [-0.2, 0) is 0 Å². The molecule has 0 amide bonds.